The van der Waals surface area contributed by atoms with Crippen LogP contribution in [0.5, 0.6) is 0 Å². The van der Waals surface area contributed by atoms with Crippen molar-refractivity contribution in [2.45, 2.75) is 72.9 Å². The molecule has 1 atom stereocenters. The van der Waals surface area contributed by atoms with E-state index in [0.29, 0.717) is 13.0 Å². The van der Waals surface area contributed by atoms with Gasteiger partial charge in [-0.3, -0.25) is 14.5 Å². The Morgan fingerprint density at radius 3 is 2.18 bits per heavy atom. The fourth-order valence-corrected chi connectivity index (χ4v) is 4.01. The van der Waals surface area contributed by atoms with Crippen LogP contribution in [-0.2, 0) is 9.59 Å². The number of nitrogens with one attached hydrogen (secondary N) is 1. The van der Waals surface area contributed by atoms with E-state index in [4.69, 9.17) is 5.11 Å². The number of hydrogen-bond acceptors (Lipinski definition) is 5. The number of pyridine rings is 1. The summed E-state index contributed by atoms with van der Waals surface area (Å²) >= 11 is 1.62. The zero-order valence-corrected chi connectivity index (χ0v) is 25.0. The van der Waals surface area contributed by atoms with Crippen molar-refractivity contribution in [3.63, 3.8) is 0 Å². The molecule has 0 aromatic carbocycles. The van der Waals surface area contributed by atoms with Crippen LogP contribution in [-0.4, -0.2) is 62.8 Å². The number of amides is 2. The summed E-state index contributed by atoms with van der Waals surface area (Å²) in [6.45, 7) is 13.9. The minimum absolute atomic E-state index is 0.0552. The monoisotopic (exact) mass is 557 g/mol. The number of aryl methyl sites for hydroxylation is 1. The van der Waals surface area contributed by atoms with Gasteiger partial charge in [0.1, 0.15) is 12.8 Å². The summed E-state index contributed by atoms with van der Waals surface area (Å²) in [4.78, 5) is 52.0. The van der Waals surface area contributed by atoms with E-state index in [0.717, 1.165) is 39.8 Å². The Hall–Kier alpha value is -3.82. The molecule has 3 rings (SSSR count). The Balaban J connectivity index is 0. The number of carbonyl (C=O) groups excluding carboxylic acids is 2. The average molecular weight is 558 g/mol. The third-order valence-electron chi connectivity index (χ3n) is 4.87. The van der Waals surface area contributed by atoms with Crippen molar-refractivity contribution in [2.24, 2.45) is 5.92 Å². The van der Waals surface area contributed by atoms with Gasteiger partial charge in [0.05, 0.1) is 16.6 Å². The number of aldehydes is 1. The number of nitrogens with zero attached hydrogens (tertiary/aromatic N) is 2. The largest absolute Gasteiger partial charge is 0.465 e. The molecule has 0 saturated carbocycles. The van der Waals surface area contributed by atoms with Gasteiger partial charge in [-0.1, -0.05) is 26.8 Å². The van der Waals surface area contributed by atoms with E-state index in [2.05, 4.69) is 51.4 Å². The molecule has 0 aliphatic carbocycles. The molecular weight excluding hydrogens is 514 g/mol. The third-order valence-corrected chi connectivity index (χ3v) is 5.78. The van der Waals surface area contributed by atoms with E-state index in [1.54, 1.807) is 44.2 Å². The van der Waals surface area contributed by atoms with Crippen LogP contribution in [0.15, 0.2) is 34.4 Å². The molecule has 2 aromatic rings. The van der Waals surface area contributed by atoms with Crippen molar-refractivity contribution in [1.82, 2.24) is 14.8 Å². The van der Waals surface area contributed by atoms with E-state index in [1.807, 2.05) is 24.4 Å². The molecule has 214 valence electrons. The number of H-pyrrole nitrogens is 1. The van der Waals surface area contributed by atoms with E-state index < -0.39 is 17.7 Å². The second-order valence-corrected chi connectivity index (χ2v) is 11.0. The Kier molecular flexibility index (Phi) is 18.5. The lowest BCUT2D eigenvalue weighted by atomic mass is 10.1. The Morgan fingerprint density at radius 1 is 1.21 bits per heavy atom. The summed E-state index contributed by atoms with van der Waals surface area (Å²) in [6.07, 6.45) is 17.1. The molecule has 0 radical (unpaired) electrons. The van der Waals surface area contributed by atoms with Crippen molar-refractivity contribution in [3.8, 4) is 36.3 Å². The van der Waals surface area contributed by atoms with E-state index in [9.17, 15) is 19.2 Å². The maximum atomic E-state index is 12.0. The number of thiophene rings is 1. The molecule has 2 aromatic heterocycles. The molecule has 1 saturated heterocycles. The van der Waals surface area contributed by atoms with Gasteiger partial charge < -0.3 is 19.8 Å². The van der Waals surface area contributed by atoms with Crippen molar-refractivity contribution < 1.29 is 19.5 Å². The number of carboxylic acid groups (broad SMARTS) is 1. The number of rotatable bonds is 4. The molecule has 1 aliphatic heterocycles. The van der Waals surface area contributed by atoms with Crippen LogP contribution in [0.2, 0.25) is 0 Å². The van der Waals surface area contributed by atoms with Gasteiger partial charge >= 0.3 is 6.09 Å². The lowest BCUT2D eigenvalue weighted by Crippen LogP contribution is -2.51. The van der Waals surface area contributed by atoms with Gasteiger partial charge in [0.25, 0.3) is 0 Å². The van der Waals surface area contributed by atoms with Crippen LogP contribution in [0, 0.1) is 38.5 Å². The molecule has 1 fully saturated rings. The fraction of sp³-hybridized carbons (Fsp3) is 0.467. The van der Waals surface area contributed by atoms with Crippen LogP contribution in [0.4, 0.5) is 4.79 Å². The first-order valence-corrected chi connectivity index (χ1v) is 13.3. The first-order valence-electron chi connectivity index (χ1n) is 12.4. The summed E-state index contributed by atoms with van der Waals surface area (Å²) < 4.78 is 0. The first kappa shape index (κ1) is 37.3. The van der Waals surface area contributed by atoms with Crippen molar-refractivity contribution >= 4 is 29.6 Å². The summed E-state index contributed by atoms with van der Waals surface area (Å²) in [6, 6.07) is 6.79. The van der Waals surface area contributed by atoms with Crippen LogP contribution in [0.3, 0.4) is 0 Å². The van der Waals surface area contributed by atoms with E-state index >= 15 is 0 Å². The SMILES string of the molecule is C#C.C#C.CC(C)(C)N(CC(=O)N1CCC[C@H]1C=O)C(=O)O.CC(C)C.Cc1cc(=O)cc(-c2cccs2)[nH]1. The zero-order valence-electron chi connectivity index (χ0n) is 24.1. The molecule has 3 heterocycles. The van der Waals surface area contributed by atoms with Gasteiger partial charge in [-0.2, -0.15) is 0 Å². The smallest absolute Gasteiger partial charge is 0.408 e. The number of hydrogen-bond donors (Lipinski definition) is 2. The predicted molar refractivity (Wildman–Crippen MR) is 161 cm³/mol. The zero-order chi connectivity index (χ0) is 30.8. The first-order chi connectivity index (χ1) is 18.3. The maximum absolute atomic E-state index is 12.0. The molecule has 0 spiro atoms. The maximum Gasteiger partial charge on any atom is 0.408 e. The average Bonchev–Trinajstić information content (AvgIpc) is 3.56. The number of aromatic nitrogens is 1. The van der Waals surface area contributed by atoms with Crippen molar-refractivity contribution in [3.05, 3.63) is 45.6 Å². The molecular formula is C30H43N3O5S. The van der Waals surface area contributed by atoms with Crippen LogP contribution < -0.4 is 5.43 Å². The second kappa shape index (κ2) is 19.3. The van der Waals surface area contributed by atoms with Gasteiger partial charge in [-0.25, -0.2) is 4.79 Å². The molecule has 0 unspecified atom stereocenters. The minimum atomic E-state index is -1.13. The Bertz CT molecular complexity index is 1090. The topological polar surface area (TPSA) is 111 Å². The molecule has 0 bridgehead atoms. The minimum Gasteiger partial charge on any atom is -0.465 e. The van der Waals surface area contributed by atoms with Crippen molar-refractivity contribution in [2.75, 3.05) is 13.1 Å². The summed E-state index contributed by atoms with van der Waals surface area (Å²) in [7, 11) is 0. The molecule has 1 aliphatic rings. The highest BCUT2D eigenvalue weighted by Gasteiger charge is 2.33. The van der Waals surface area contributed by atoms with Gasteiger partial charge in [0.15, 0.2) is 5.43 Å². The standard InChI is InChI=1S/C12H20N2O4.C10H9NOS.C4H10.2C2H2/c1-12(2,3)14(11(17)18)7-10(16)13-6-4-5-9(13)8-15;1-7-5-8(12)6-9(11-7)10-3-2-4-13-10;1-4(2)3;2*1-2/h8-9H,4-7H2,1-3H3,(H,17,18);2-6H,1H3,(H,11,12);4H,1-3H3;2*1-2H/t9-;;;;/m0..../s1. The molecule has 8 nitrogen and oxygen atoms in total. The van der Waals surface area contributed by atoms with Crippen molar-refractivity contribution in [1.29, 1.82) is 0 Å². The molecule has 39 heavy (non-hydrogen) atoms. The lowest BCUT2D eigenvalue weighted by molar-refractivity contribution is -0.136. The van der Waals surface area contributed by atoms with E-state index in [-0.39, 0.29) is 17.9 Å². The summed E-state index contributed by atoms with van der Waals surface area (Å²) in [5.74, 6) is 0.530. The predicted octanol–water partition coefficient (Wildman–Crippen LogP) is 5.53. The quantitative estimate of drug-likeness (QED) is 0.379. The van der Waals surface area contributed by atoms with E-state index in [1.165, 1.54) is 4.90 Å². The Labute approximate surface area is 237 Å². The summed E-state index contributed by atoms with van der Waals surface area (Å²) in [5, 5.41) is 11.1. The normalized spacial score (nSPS) is 13.5. The molecule has 9 heteroatoms. The molecule has 2 amide bonds. The van der Waals surface area contributed by atoms with Gasteiger partial charge in [-0.15, -0.1) is 37.0 Å². The molecule has 2 N–H and O–H groups in total. The van der Waals surface area contributed by atoms with Gasteiger partial charge in [0.2, 0.25) is 5.91 Å². The second-order valence-electron chi connectivity index (χ2n) is 10.1. The number of likely N-dealkylation sites (tertiary alicyclic amines) is 1. The lowest BCUT2D eigenvalue weighted by Gasteiger charge is -2.34. The van der Waals surface area contributed by atoms with Crippen LogP contribution in [0.25, 0.3) is 10.6 Å². The number of carbonyl (C=O) groups is 3. The number of terminal acetylenes is 2. The fourth-order valence-electron chi connectivity index (χ4n) is 3.31. The number of aromatic amines is 1. The summed E-state index contributed by atoms with van der Waals surface area (Å²) in [5.41, 5.74) is 1.22. The van der Waals surface area contributed by atoms with Gasteiger partial charge in [-0.05, 0) is 57.9 Å². The third kappa shape index (κ3) is 14.6. The van der Waals surface area contributed by atoms with Gasteiger partial charge in [0, 0.05) is 29.9 Å². The Morgan fingerprint density at radius 2 is 1.77 bits per heavy atom. The highest BCUT2D eigenvalue weighted by atomic mass is 32.1. The highest BCUT2D eigenvalue weighted by Crippen LogP contribution is 2.21. The van der Waals surface area contributed by atoms with Crippen LogP contribution >= 0.6 is 11.3 Å². The highest BCUT2D eigenvalue weighted by molar-refractivity contribution is 7.13. The van der Waals surface area contributed by atoms with Crippen LogP contribution in [0.1, 0.15) is 60.1 Å².